The van der Waals surface area contributed by atoms with Gasteiger partial charge in [0.25, 0.3) is 0 Å². The molecule has 52 valence electrons. The summed E-state index contributed by atoms with van der Waals surface area (Å²) in [7, 11) is 0. The van der Waals surface area contributed by atoms with E-state index in [1.165, 1.54) is 0 Å². The van der Waals surface area contributed by atoms with E-state index in [2.05, 4.69) is 6.65 Å². The average Bonchev–Trinajstić information content (AvgIpc) is 1.64. The van der Waals surface area contributed by atoms with Crippen LogP contribution in [0.1, 0.15) is 0 Å². The van der Waals surface area contributed by atoms with Crippen molar-refractivity contribution in [2.75, 3.05) is 0 Å². The third kappa shape index (κ3) is 4.05. The molecule has 0 saturated heterocycles. The first-order chi connectivity index (χ1) is 3.98. The van der Waals surface area contributed by atoms with E-state index in [0.29, 0.717) is 4.47 Å². The molecule has 0 aromatic heterocycles. The molecule has 0 saturated carbocycles. The van der Waals surface area contributed by atoms with Gasteiger partial charge in [-0.05, 0) is 0 Å². The van der Waals surface area contributed by atoms with Crippen LogP contribution in [0.15, 0.2) is 10.3 Å². The SMILES string of the molecule is FC(=[CH][Mo]#[P])C(F)(F)F. The summed E-state index contributed by atoms with van der Waals surface area (Å²) in [6.45, 7) is 3.51. The summed E-state index contributed by atoms with van der Waals surface area (Å²) >= 11 is -1.21. The first-order valence-corrected chi connectivity index (χ1v) is 5.93. The van der Waals surface area contributed by atoms with E-state index in [0.717, 1.165) is 0 Å². The van der Waals surface area contributed by atoms with Crippen molar-refractivity contribution in [3.63, 3.8) is 0 Å². The Bertz CT molecular complexity index is 164. The Morgan fingerprint density at radius 2 is 1.89 bits per heavy atom. The molecule has 0 aliphatic heterocycles. The number of halogens is 4. The van der Waals surface area contributed by atoms with Crippen molar-refractivity contribution in [2.24, 2.45) is 0 Å². The maximum atomic E-state index is 11.6. The van der Waals surface area contributed by atoms with E-state index >= 15 is 0 Å². The molecule has 0 N–H and O–H groups in total. The van der Waals surface area contributed by atoms with Gasteiger partial charge >= 0.3 is 58.0 Å². The van der Waals surface area contributed by atoms with Crippen LogP contribution < -0.4 is 0 Å². The summed E-state index contributed by atoms with van der Waals surface area (Å²) in [5.41, 5.74) is 0. The zero-order valence-electron chi connectivity index (χ0n) is 3.94. The number of allylic oxidation sites excluding steroid dienone is 1. The molecule has 0 aromatic rings. The van der Waals surface area contributed by atoms with Crippen LogP contribution in [-0.4, -0.2) is 6.18 Å². The molecule has 0 atom stereocenters. The van der Waals surface area contributed by atoms with E-state index < -0.39 is 29.3 Å². The third-order valence-electron chi connectivity index (χ3n) is 0.427. The van der Waals surface area contributed by atoms with Crippen LogP contribution in [-0.2, 0) is 17.3 Å². The molecule has 0 fully saturated rings. The summed E-state index contributed by atoms with van der Waals surface area (Å²) in [6, 6.07) is 0. The van der Waals surface area contributed by atoms with Gasteiger partial charge in [-0.25, -0.2) is 0 Å². The molecule has 0 heterocycles. The predicted octanol–water partition coefficient (Wildman–Crippen LogP) is 2.77. The van der Waals surface area contributed by atoms with E-state index in [1.807, 2.05) is 0 Å². The van der Waals surface area contributed by atoms with Crippen LogP contribution in [0, 0.1) is 0 Å². The second-order valence-corrected chi connectivity index (χ2v) is 3.41. The Hall–Kier alpha value is 0.578. The van der Waals surface area contributed by atoms with Gasteiger partial charge in [0.2, 0.25) is 0 Å². The molecule has 0 aromatic carbocycles. The first-order valence-electron chi connectivity index (χ1n) is 1.71. The molecule has 6 heteroatoms. The summed E-state index contributed by atoms with van der Waals surface area (Å²) in [5.74, 6) is -2.03. The van der Waals surface area contributed by atoms with Gasteiger partial charge in [-0.2, -0.15) is 0 Å². The summed E-state index contributed by atoms with van der Waals surface area (Å²) in [6.07, 6.45) is -4.81. The Balaban J connectivity index is 4.25. The molecule has 9 heavy (non-hydrogen) atoms. The van der Waals surface area contributed by atoms with Crippen molar-refractivity contribution >= 4 is 6.65 Å². The Morgan fingerprint density at radius 3 is 2.00 bits per heavy atom. The predicted molar refractivity (Wildman–Crippen MR) is 22.2 cm³/mol. The Morgan fingerprint density at radius 1 is 1.44 bits per heavy atom. The molecule has 0 aliphatic rings. The van der Waals surface area contributed by atoms with Crippen LogP contribution in [0.4, 0.5) is 17.6 Å². The van der Waals surface area contributed by atoms with Crippen LogP contribution >= 0.6 is 6.65 Å². The van der Waals surface area contributed by atoms with Crippen LogP contribution in [0.5, 0.6) is 0 Å². The standard InChI is InChI=1S/C3HF4.Mo.P/c1-2(4)3(5,6)7;;/h1H;;. The quantitative estimate of drug-likeness (QED) is 0.347. The molecule has 0 unspecified atom stereocenters. The fraction of sp³-hybridized carbons (Fsp3) is 0.333. The average molecular weight is 240 g/mol. The Labute approximate surface area is 58.5 Å². The molecular weight excluding hydrogens is 239 g/mol. The fourth-order valence-electron chi connectivity index (χ4n) is 0.113. The summed E-state index contributed by atoms with van der Waals surface area (Å²) in [4.78, 5) is 0. The molecule has 0 aliphatic carbocycles. The number of hydrogen-bond acceptors (Lipinski definition) is 0. The first kappa shape index (κ1) is 9.58. The van der Waals surface area contributed by atoms with E-state index in [4.69, 9.17) is 0 Å². The van der Waals surface area contributed by atoms with Crippen LogP contribution in [0.3, 0.4) is 0 Å². The fourth-order valence-corrected chi connectivity index (χ4v) is 1.22. The van der Waals surface area contributed by atoms with Crippen molar-refractivity contribution < 1.29 is 34.9 Å². The van der Waals surface area contributed by atoms with Gasteiger partial charge in [0.05, 0.1) is 0 Å². The summed E-state index contributed by atoms with van der Waals surface area (Å²) in [5, 5.41) is 0. The normalized spacial score (nSPS) is 13.4. The van der Waals surface area contributed by atoms with Crippen LogP contribution in [0.2, 0.25) is 0 Å². The maximum absolute atomic E-state index is 11.6. The van der Waals surface area contributed by atoms with Crippen molar-refractivity contribution in [1.29, 1.82) is 0 Å². The minimum absolute atomic E-state index is 0.494. The molecular formula is C3HF4MoP. The molecule has 0 radical (unpaired) electrons. The number of hydrogen-bond donors (Lipinski definition) is 0. The van der Waals surface area contributed by atoms with Gasteiger partial charge in [-0.15, -0.1) is 0 Å². The second kappa shape index (κ2) is 3.67. The van der Waals surface area contributed by atoms with Gasteiger partial charge in [-0.3, -0.25) is 0 Å². The summed E-state index contributed by atoms with van der Waals surface area (Å²) < 4.78 is 45.7. The molecule has 0 amide bonds. The Kier molecular flexibility index (Phi) is 3.91. The second-order valence-electron chi connectivity index (χ2n) is 1.07. The van der Waals surface area contributed by atoms with Crippen molar-refractivity contribution in [1.82, 2.24) is 0 Å². The van der Waals surface area contributed by atoms with E-state index in [1.54, 1.807) is 0 Å². The van der Waals surface area contributed by atoms with Crippen LogP contribution in [0.25, 0.3) is 0 Å². The minimum atomic E-state index is -4.81. The molecule has 0 nitrogen and oxygen atoms in total. The van der Waals surface area contributed by atoms with E-state index in [-0.39, 0.29) is 0 Å². The van der Waals surface area contributed by atoms with Crippen molar-refractivity contribution in [2.45, 2.75) is 6.18 Å². The van der Waals surface area contributed by atoms with Gasteiger partial charge in [0.15, 0.2) is 0 Å². The topological polar surface area (TPSA) is 0 Å². The van der Waals surface area contributed by atoms with Gasteiger partial charge < -0.3 is 0 Å². The monoisotopic (exact) mass is 242 g/mol. The third-order valence-corrected chi connectivity index (χ3v) is 1.82. The van der Waals surface area contributed by atoms with Gasteiger partial charge in [0.1, 0.15) is 0 Å². The molecule has 0 spiro atoms. The molecule has 0 rings (SSSR count). The zero-order valence-corrected chi connectivity index (χ0v) is 6.85. The number of alkyl halides is 3. The van der Waals surface area contributed by atoms with Gasteiger partial charge in [0, 0.05) is 0 Å². The number of rotatable bonds is 0. The zero-order chi connectivity index (χ0) is 7.49. The molecule has 0 bridgehead atoms. The van der Waals surface area contributed by atoms with E-state index in [9.17, 15) is 17.6 Å². The van der Waals surface area contributed by atoms with Gasteiger partial charge in [-0.1, -0.05) is 0 Å². The van der Waals surface area contributed by atoms with Crippen molar-refractivity contribution in [3.05, 3.63) is 10.3 Å². The van der Waals surface area contributed by atoms with Crippen molar-refractivity contribution in [3.8, 4) is 0 Å².